The number of pyridine rings is 3. The first-order valence-corrected chi connectivity index (χ1v) is 25.7. The number of unbranched alkanes of at least 4 members (excludes halogenated alkanes) is 2. The molecule has 386 valence electrons. The monoisotopic (exact) mass is 1010 g/mol. The highest BCUT2D eigenvalue weighted by atomic mass is 19.1. The molecule has 1 saturated carbocycles. The van der Waals surface area contributed by atoms with E-state index in [1.54, 1.807) is 54.7 Å². The van der Waals surface area contributed by atoms with Gasteiger partial charge in [-0.3, -0.25) is 38.8 Å². The number of anilines is 4. The standard InChI is InChI=1S/C56H62FN9O8/c1-62-33-39(41-7-6-10-48(44(41)35-67)65-20-17-37-29-38(36-11-12-36)30-45(57)52(37)56(65)72)31-47(55(62)71)60-50-15-13-40(32-59-50)64-23-21-63(22-24-64)19-3-2-4-25-73-27-28-74-26-18-58-46-9-5-8-42-43(46)34-66(54(42)70)49-14-16-51(68)61-53(49)69/h5-10,13,15,17,20,29-33,36,49,58,67H,2-4,11-12,14,16,18-19,21-28,34-35H2,1H3,(H,59,60)(H,61,68,69). The molecule has 0 spiro atoms. The third kappa shape index (κ3) is 11.0. The Morgan fingerprint density at radius 1 is 0.824 bits per heavy atom. The Morgan fingerprint density at radius 3 is 2.39 bits per heavy atom. The maximum Gasteiger partial charge on any atom is 0.274 e. The zero-order chi connectivity index (χ0) is 51.3. The minimum absolute atomic E-state index is 0.00825. The van der Waals surface area contributed by atoms with Crippen LogP contribution in [0.4, 0.5) is 27.3 Å². The van der Waals surface area contributed by atoms with Gasteiger partial charge in [0.2, 0.25) is 11.8 Å². The first-order chi connectivity index (χ1) is 36.0. The van der Waals surface area contributed by atoms with Gasteiger partial charge in [-0.25, -0.2) is 9.37 Å². The molecule has 1 unspecified atom stereocenters. The number of aliphatic hydroxyl groups is 1. The summed E-state index contributed by atoms with van der Waals surface area (Å²) >= 11 is 0. The van der Waals surface area contributed by atoms with Crippen LogP contribution in [-0.4, -0.2) is 118 Å². The van der Waals surface area contributed by atoms with Gasteiger partial charge in [0, 0.05) is 99.7 Å². The fourth-order valence-electron chi connectivity index (χ4n) is 10.4. The fraction of sp³-hybridized carbons (Fsp3) is 0.393. The number of carbonyl (C=O) groups is 3. The number of aryl methyl sites for hydroxylation is 1. The summed E-state index contributed by atoms with van der Waals surface area (Å²) in [7, 11) is 1.66. The molecule has 0 radical (unpaired) electrons. The zero-order valence-corrected chi connectivity index (χ0v) is 41.6. The fourth-order valence-corrected chi connectivity index (χ4v) is 10.4. The van der Waals surface area contributed by atoms with Crippen LogP contribution in [-0.2, 0) is 39.3 Å². The van der Waals surface area contributed by atoms with Crippen molar-refractivity contribution in [2.45, 2.75) is 70.1 Å². The van der Waals surface area contributed by atoms with Crippen molar-refractivity contribution in [1.29, 1.82) is 0 Å². The van der Waals surface area contributed by atoms with E-state index in [0.717, 1.165) is 87.3 Å². The Hall–Kier alpha value is -7.25. The molecular formula is C56H62FN9O8. The number of rotatable bonds is 21. The van der Waals surface area contributed by atoms with Crippen molar-refractivity contribution in [2.24, 2.45) is 7.05 Å². The second-order valence-corrected chi connectivity index (χ2v) is 19.6. The molecule has 4 aliphatic rings. The first-order valence-electron chi connectivity index (χ1n) is 25.7. The molecule has 1 aliphatic carbocycles. The maximum atomic E-state index is 15.4. The van der Waals surface area contributed by atoms with Crippen LogP contribution < -0.4 is 32.0 Å². The van der Waals surface area contributed by atoms with Crippen LogP contribution in [0.1, 0.15) is 77.9 Å². The van der Waals surface area contributed by atoms with Crippen molar-refractivity contribution < 1.29 is 33.4 Å². The number of ether oxygens (including phenoxy) is 2. The summed E-state index contributed by atoms with van der Waals surface area (Å²) < 4.78 is 29.9. The molecule has 2 saturated heterocycles. The number of benzene rings is 3. The number of aromatic nitrogens is 3. The highest BCUT2D eigenvalue weighted by Gasteiger charge is 2.40. The van der Waals surface area contributed by atoms with Crippen molar-refractivity contribution in [1.82, 2.24) is 29.2 Å². The van der Waals surface area contributed by atoms with Gasteiger partial charge >= 0.3 is 0 Å². The number of fused-ring (bicyclic) bond motifs is 2. The Labute approximate surface area is 427 Å². The Balaban J connectivity index is 0.633. The van der Waals surface area contributed by atoms with E-state index in [1.807, 2.05) is 42.6 Å². The molecule has 4 N–H and O–H groups in total. The summed E-state index contributed by atoms with van der Waals surface area (Å²) in [6.07, 6.45) is 10.9. The Bertz CT molecular complexity index is 3190. The van der Waals surface area contributed by atoms with Gasteiger partial charge < -0.3 is 39.6 Å². The predicted molar refractivity (Wildman–Crippen MR) is 281 cm³/mol. The minimum atomic E-state index is -0.646. The van der Waals surface area contributed by atoms with Gasteiger partial charge in [0.1, 0.15) is 23.4 Å². The lowest BCUT2D eigenvalue weighted by Gasteiger charge is -2.36. The van der Waals surface area contributed by atoms with E-state index in [2.05, 4.69) is 30.7 Å². The van der Waals surface area contributed by atoms with Gasteiger partial charge in [0.25, 0.3) is 17.0 Å². The van der Waals surface area contributed by atoms with Gasteiger partial charge in [0.05, 0.1) is 49.4 Å². The van der Waals surface area contributed by atoms with E-state index >= 15 is 4.39 Å². The number of aliphatic hydroxyl groups excluding tert-OH is 1. The van der Waals surface area contributed by atoms with Crippen molar-refractivity contribution in [3.63, 3.8) is 0 Å². The summed E-state index contributed by atoms with van der Waals surface area (Å²) in [6.45, 7) is 7.29. The summed E-state index contributed by atoms with van der Waals surface area (Å²) in [5, 5.41) is 20.2. The number of hydrogen-bond donors (Lipinski definition) is 4. The third-order valence-electron chi connectivity index (χ3n) is 14.6. The second-order valence-electron chi connectivity index (χ2n) is 19.6. The van der Waals surface area contributed by atoms with Crippen molar-refractivity contribution >= 4 is 51.4 Å². The number of hydrogen-bond acceptors (Lipinski definition) is 13. The second kappa shape index (κ2) is 22.5. The molecule has 6 heterocycles. The maximum absolute atomic E-state index is 15.4. The van der Waals surface area contributed by atoms with E-state index < -0.39 is 29.9 Å². The smallest absolute Gasteiger partial charge is 0.274 e. The Morgan fingerprint density at radius 2 is 1.62 bits per heavy atom. The van der Waals surface area contributed by atoms with Crippen LogP contribution in [0.3, 0.4) is 0 Å². The largest absolute Gasteiger partial charge is 0.392 e. The molecule has 0 bridgehead atoms. The van der Waals surface area contributed by atoms with Crippen LogP contribution in [0.2, 0.25) is 0 Å². The average Bonchev–Trinajstić information content (AvgIpc) is 4.21. The number of piperidine rings is 1. The van der Waals surface area contributed by atoms with Gasteiger partial charge in [-0.2, -0.15) is 0 Å². The lowest BCUT2D eigenvalue weighted by molar-refractivity contribution is -0.136. The molecular weight excluding hydrogens is 946 g/mol. The summed E-state index contributed by atoms with van der Waals surface area (Å²) in [5.41, 5.74) is 5.84. The van der Waals surface area contributed by atoms with E-state index in [9.17, 15) is 29.1 Å². The molecule has 6 aromatic rings. The van der Waals surface area contributed by atoms with Crippen molar-refractivity contribution in [2.75, 3.05) is 81.2 Å². The molecule has 74 heavy (non-hydrogen) atoms. The number of halogens is 1. The summed E-state index contributed by atoms with van der Waals surface area (Å²) in [5.74, 6) is -0.620. The minimum Gasteiger partial charge on any atom is -0.392 e. The molecule has 18 heteroatoms. The van der Waals surface area contributed by atoms with Gasteiger partial charge in [-0.05, 0) is 116 Å². The van der Waals surface area contributed by atoms with Gasteiger partial charge in [-0.1, -0.05) is 24.3 Å². The van der Waals surface area contributed by atoms with E-state index in [1.165, 1.54) is 15.2 Å². The highest BCUT2D eigenvalue weighted by molar-refractivity contribution is 6.06. The lowest BCUT2D eigenvalue weighted by atomic mass is 9.98. The number of amides is 3. The zero-order valence-electron chi connectivity index (χ0n) is 41.6. The number of piperazine rings is 1. The number of carbonyl (C=O) groups excluding carboxylic acids is 3. The summed E-state index contributed by atoms with van der Waals surface area (Å²) in [6, 6.07) is 20.9. The lowest BCUT2D eigenvalue weighted by Crippen LogP contribution is -2.52. The van der Waals surface area contributed by atoms with Crippen LogP contribution in [0.25, 0.3) is 27.6 Å². The highest BCUT2D eigenvalue weighted by Crippen LogP contribution is 2.41. The van der Waals surface area contributed by atoms with Crippen molar-refractivity contribution in [3.8, 4) is 16.8 Å². The normalized spacial score (nSPS) is 17.0. The van der Waals surface area contributed by atoms with Crippen LogP contribution in [0.5, 0.6) is 0 Å². The molecule has 10 rings (SSSR count). The SMILES string of the molecule is Cn1cc(-c2cccc(-n3ccc4cc(C5CC5)cc(F)c4c3=O)c2CO)cc(Nc2ccc(N3CCN(CCCCCOCCOCCNc4cccc5c4CN(C4CCC(=O)NC4=O)C5=O)CC3)cn2)c1=O. The number of imide groups is 1. The van der Waals surface area contributed by atoms with E-state index in [4.69, 9.17) is 9.47 Å². The van der Waals surface area contributed by atoms with Crippen molar-refractivity contribution in [3.05, 3.63) is 140 Å². The van der Waals surface area contributed by atoms with Crippen LogP contribution >= 0.6 is 0 Å². The molecule has 3 aromatic heterocycles. The first kappa shape index (κ1) is 50.3. The molecule has 1 atom stereocenters. The van der Waals surface area contributed by atoms with Gasteiger partial charge in [0.15, 0.2) is 0 Å². The number of nitrogens with one attached hydrogen (secondary N) is 3. The van der Waals surface area contributed by atoms with E-state index in [-0.39, 0.29) is 29.2 Å². The topological polar surface area (TPSA) is 193 Å². The predicted octanol–water partition coefficient (Wildman–Crippen LogP) is 6.20. The average molecular weight is 1010 g/mol. The molecule has 3 fully saturated rings. The molecule has 3 aliphatic heterocycles. The summed E-state index contributed by atoms with van der Waals surface area (Å²) in [4.78, 5) is 75.3. The van der Waals surface area contributed by atoms with Crippen LogP contribution in [0.15, 0.2) is 101 Å². The van der Waals surface area contributed by atoms with E-state index in [0.29, 0.717) is 96.7 Å². The molecule has 3 aromatic carbocycles. The van der Waals surface area contributed by atoms with Crippen LogP contribution in [0, 0.1) is 5.82 Å². The third-order valence-corrected chi connectivity index (χ3v) is 14.6. The van der Waals surface area contributed by atoms with Gasteiger partial charge in [-0.15, -0.1) is 0 Å². The molecule has 3 amide bonds. The number of nitrogens with zero attached hydrogens (tertiary/aromatic N) is 6. The Kier molecular flexibility index (Phi) is 15.3. The molecule has 17 nitrogen and oxygen atoms in total. The quantitative estimate of drug-likeness (QED) is 0.0471.